The zero-order chi connectivity index (χ0) is 12.0. The standard InChI is InChI=1S/C10H8N2O4/c11-4-5-16-10(13)9-3-1-2-8(6-9)7-12(14)15/h1-3,6H,5,7H2. The summed E-state index contributed by atoms with van der Waals surface area (Å²) in [6.45, 7) is -0.683. The lowest BCUT2D eigenvalue weighted by molar-refractivity contribution is -0.496. The van der Waals surface area contributed by atoms with Crippen LogP contribution < -0.4 is 0 Å². The normalized spacial score (nSPS) is 9.19. The van der Waals surface area contributed by atoms with Crippen molar-refractivity contribution in [2.75, 3.05) is 6.61 Å². The van der Waals surface area contributed by atoms with E-state index >= 15 is 0 Å². The second-order valence-corrected chi connectivity index (χ2v) is 2.93. The number of hydrogen-bond acceptors (Lipinski definition) is 5. The summed E-state index contributed by atoms with van der Waals surface area (Å²) in [6, 6.07) is 7.59. The van der Waals surface area contributed by atoms with Gasteiger partial charge in [-0.3, -0.25) is 10.1 Å². The van der Waals surface area contributed by atoms with E-state index in [-0.39, 0.29) is 18.7 Å². The maximum atomic E-state index is 11.3. The lowest BCUT2D eigenvalue weighted by Gasteiger charge is -2.01. The van der Waals surface area contributed by atoms with Crippen molar-refractivity contribution in [3.8, 4) is 6.07 Å². The molecular formula is C10H8N2O4. The molecule has 0 bridgehead atoms. The summed E-state index contributed by atoms with van der Waals surface area (Å²) in [7, 11) is 0. The highest BCUT2D eigenvalue weighted by Gasteiger charge is 2.09. The van der Waals surface area contributed by atoms with Gasteiger partial charge in [-0.1, -0.05) is 12.1 Å². The smallest absolute Gasteiger partial charge is 0.339 e. The van der Waals surface area contributed by atoms with Gasteiger partial charge >= 0.3 is 5.97 Å². The molecule has 0 saturated carbocycles. The lowest BCUT2D eigenvalue weighted by Crippen LogP contribution is -2.06. The van der Waals surface area contributed by atoms with Crippen molar-refractivity contribution in [1.82, 2.24) is 0 Å². The van der Waals surface area contributed by atoms with Crippen molar-refractivity contribution >= 4 is 5.97 Å². The predicted octanol–water partition coefficient (Wildman–Crippen LogP) is 1.14. The van der Waals surface area contributed by atoms with E-state index < -0.39 is 10.9 Å². The zero-order valence-electron chi connectivity index (χ0n) is 8.25. The first-order valence-corrected chi connectivity index (χ1v) is 4.38. The Morgan fingerprint density at radius 1 is 1.56 bits per heavy atom. The lowest BCUT2D eigenvalue weighted by atomic mass is 10.1. The number of rotatable bonds is 4. The fourth-order valence-electron chi connectivity index (χ4n) is 1.13. The quantitative estimate of drug-likeness (QED) is 0.431. The van der Waals surface area contributed by atoms with Gasteiger partial charge in [0.2, 0.25) is 6.54 Å². The molecule has 0 spiro atoms. The van der Waals surface area contributed by atoms with E-state index in [1.165, 1.54) is 18.2 Å². The molecule has 6 nitrogen and oxygen atoms in total. The van der Waals surface area contributed by atoms with Crippen LogP contribution in [0.4, 0.5) is 0 Å². The number of esters is 1. The number of benzene rings is 1. The number of hydrogen-bond donors (Lipinski definition) is 0. The van der Waals surface area contributed by atoms with Gasteiger partial charge in [0, 0.05) is 10.5 Å². The average molecular weight is 220 g/mol. The van der Waals surface area contributed by atoms with Crippen molar-refractivity contribution in [2.45, 2.75) is 6.54 Å². The van der Waals surface area contributed by atoms with Crippen molar-refractivity contribution in [3.05, 3.63) is 45.5 Å². The van der Waals surface area contributed by atoms with Crippen LogP contribution in [0.25, 0.3) is 0 Å². The minimum Gasteiger partial charge on any atom is -0.447 e. The highest BCUT2D eigenvalue weighted by atomic mass is 16.6. The molecule has 0 unspecified atom stereocenters. The van der Waals surface area contributed by atoms with Crippen LogP contribution in [0.5, 0.6) is 0 Å². The predicted molar refractivity (Wildman–Crippen MR) is 53.0 cm³/mol. The van der Waals surface area contributed by atoms with Crippen LogP contribution in [0.3, 0.4) is 0 Å². The number of nitrogens with zero attached hydrogens (tertiary/aromatic N) is 2. The summed E-state index contributed by atoms with van der Waals surface area (Å²) >= 11 is 0. The molecule has 0 radical (unpaired) electrons. The number of nitro groups is 1. The highest BCUT2D eigenvalue weighted by Crippen LogP contribution is 2.07. The van der Waals surface area contributed by atoms with E-state index in [1.807, 2.05) is 0 Å². The molecule has 0 amide bonds. The van der Waals surface area contributed by atoms with Gasteiger partial charge < -0.3 is 4.74 Å². The molecule has 1 aromatic rings. The maximum Gasteiger partial charge on any atom is 0.339 e. The van der Waals surface area contributed by atoms with Crippen LogP contribution in [0.15, 0.2) is 24.3 Å². The van der Waals surface area contributed by atoms with Crippen LogP contribution in [0, 0.1) is 21.4 Å². The second kappa shape index (κ2) is 5.46. The average Bonchev–Trinajstić information content (AvgIpc) is 2.25. The molecular weight excluding hydrogens is 212 g/mol. The molecule has 0 N–H and O–H groups in total. The Morgan fingerprint density at radius 3 is 2.94 bits per heavy atom. The topological polar surface area (TPSA) is 93.2 Å². The highest BCUT2D eigenvalue weighted by molar-refractivity contribution is 5.89. The third-order valence-corrected chi connectivity index (χ3v) is 1.74. The van der Waals surface area contributed by atoms with Crippen molar-refractivity contribution < 1.29 is 14.5 Å². The van der Waals surface area contributed by atoms with E-state index in [9.17, 15) is 14.9 Å². The Labute approximate surface area is 91.2 Å². The Balaban J connectivity index is 2.78. The molecule has 0 saturated heterocycles. The van der Waals surface area contributed by atoms with Crippen LogP contribution in [0.2, 0.25) is 0 Å². The van der Waals surface area contributed by atoms with Gasteiger partial charge in [0.05, 0.1) is 5.56 Å². The van der Waals surface area contributed by atoms with Gasteiger partial charge in [0.25, 0.3) is 0 Å². The van der Waals surface area contributed by atoms with Gasteiger partial charge in [-0.05, 0) is 12.1 Å². The SMILES string of the molecule is N#CCOC(=O)c1cccc(C[N+](=O)[O-])c1. The van der Waals surface area contributed by atoms with E-state index in [2.05, 4.69) is 4.74 Å². The van der Waals surface area contributed by atoms with Crippen LogP contribution in [0.1, 0.15) is 15.9 Å². The third-order valence-electron chi connectivity index (χ3n) is 1.74. The van der Waals surface area contributed by atoms with E-state index in [1.54, 1.807) is 12.1 Å². The molecule has 0 atom stereocenters. The van der Waals surface area contributed by atoms with Gasteiger partial charge in [-0.25, -0.2) is 4.79 Å². The summed E-state index contributed by atoms with van der Waals surface area (Å²) in [5.74, 6) is -0.660. The molecule has 1 rings (SSSR count). The largest absolute Gasteiger partial charge is 0.447 e. The number of carbonyl (C=O) groups is 1. The first-order valence-electron chi connectivity index (χ1n) is 4.38. The molecule has 0 heterocycles. The minimum atomic E-state index is -0.660. The van der Waals surface area contributed by atoms with Crippen molar-refractivity contribution in [2.24, 2.45) is 0 Å². The molecule has 0 aliphatic carbocycles. The van der Waals surface area contributed by atoms with Gasteiger partial charge in [0.1, 0.15) is 6.07 Å². The molecule has 82 valence electrons. The first kappa shape index (κ1) is 11.7. The van der Waals surface area contributed by atoms with Crippen LogP contribution in [-0.4, -0.2) is 17.5 Å². The van der Waals surface area contributed by atoms with Gasteiger partial charge in [-0.15, -0.1) is 0 Å². The zero-order valence-corrected chi connectivity index (χ0v) is 8.25. The summed E-state index contributed by atoms with van der Waals surface area (Å²) in [4.78, 5) is 21.1. The first-order chi connectivity index (χ1) is 7.63. The summed E-state index contributed by atoms with van der Waals surface area (Å²) < 4.78 is 4.57. The Kier molecular flexibility index (Phi) is 3.98. The summed E-state index contributed by atoms with van der Waals surface area (Å²) in [6.07, 6.45) is 0. The fraction of sp³-hybridized carbons (Fsp3) is 0.200. The molecule has 16 heavy (non-hydrogen) atoms. The Bertz CT molecular complexity index is 450. The van der Waals surface area contributed by atoms with Crippen molar-refractivity contribution in [3.63, 3.8) is 0 Å². The number of nitriles is 1. The molecule has 0 fully saturated rings. The summed E-state index contributed by atoms with van der Waals surface area (Å²) in [5, 5.41) is 18.5. The van der Waals surface area contributed by atoms with E-state index in [4.69, 9.17) is 5.26 Å². The van der Waals surface area contributed by atoms with Crippen molar-refractivity contribution in [1.29, 1.82) is 5.26 Å². The van der Waals surface area contributed by atoms with Crippen LogP contribution >= 0.6 is 0 Å². The molecule has 0 aliphatic rings. The van der Waals surface area contributed by atoms with E-state index in [0.717, 1.165) is 0 Å². The van der Waals surface area contributed by atoms with Crippen LogP contribution in [-0.2, 0) is 11.3 Å². The molecule has 0 aliphatic heterocycles. The third kappa shape index (κ3) is 3.38. The minimum absolute atomic E-state index is 0.203. The second-order valence-electron chi connectivity index (χ2n) is 2.93. The fourth-order valence-corrected chi connectivity index (χ4v) is 1.13. The molecule has 6 heteroatoms. The summed E-state index contributed by atoms with van der Waals surface area (Å²) in [5.41, 5.74) is 0.617. The molecule has 0 aromatic heterocycles. The Morgan fingerprint density at radius 2 is 2.31 bits per heavy atom. The monoisotopic (exact) mass is 220 g/mol. The molecule has 1 aromatic carbocycles. The maximum absolute atomic E-state index is 11.3. The number of carbonyl (C=O) groups excluding carboxylic acids is 1. The Hall–Kier alpha value is -2.42. The number of ether oxygens (including phenoxy) is 1. The van der Waals surface area contributed by atoms with Gasteiger partial charge in [0.15, 0.2) is 6.61 Å². The van der Waals surface area contributed by atoms with Gasteiger partial charge in [-0.2, -0.15) is 5.26 Å². The van der Waals surface area contributed by atoms with E-state index in [0.29, 0.717) is 5.56 Å².